The molecular weight excluding hydrogens is 438 g/mol. The minimum absolute atomic E-state index is 0.0300. The molecule has 34 heavy (non-hydrogen) atoms. The first-order chi connectivity index (χ1) is 15.6. The second-order valence-electron chi connectivity index (χ2n) is 8.31. The molecule has 196 valence electrons. The Hall–Kier alpha value is -2.97. The highest BCUT2D eigenvalue weighted by atomic mass is 16.5. The molecular formula is C25H45N3O6. The van der Waals surface area contributed by atoms with Gasteiger partial charge in [-0.1, -0.05) is 20.4 Å². The van der Waals surface area contributed by atoms with E-state index in [1.165, 1.54) is 23.1 Å². The Morgan fingerprint density at radius 1 is 0.882 bits per heavy atom. The number of hydrogen-bond donors (Lipinski definition) is 2. The number of imide groups is 1. The first-order valence-corrected chi connectivity index (χ1v) is 11.6. The summed E-state index contributed by atoms with van der Waals surface area (Å²) in [4.78, 5) is 54.2. The number of rotatable bonds is 7. The molecule has 0 bridgehead atoms. The van der Waals surface area contributed by atoms with Crippen LogP contribution < -0.4 is 10.6 Å². The molecule has 0 saturated carbocycles. The second-order valence-corrected chi connectivity index (χ2v) is 8.31. The van der Waals surface area contributed by atoms with Crippen LogP contribution >= 0.6 is 0 Å². The third-order valence-corrected chi connectivity index (χ3v) is 3.40. The van der Waals surface area contributed by atoms with E-state index >= 15 is 0 Å². The normalized spacial score (nSPS) is 11.8. The van der Waals surface area contributed by atoms with E-state index in [4.69, 9.17) is 4.74 Å². The lowest BCUT2D eigenvalue weighted by Gasteiger charge is -2.17. The molecule has 1 aliphatic rings. The van der Waals surface area contributed by atoms with E-state index in [1.54, 1.807) is 6.92 Å². The van der Waals surface area contributed by atoms with E-state index in [0.29, 0.717) is 12.8 Å². The minimum Gasteiger partial charge on any atom is -0.463 e. The average molecular weight is 484 g/mol. The first kappa shape index (κ1) is 35.6. The van der Waals surface area contributed by atoms with Crippen molar-refractivity contribution < 1.29 is 28.7 Å². The van der Waals surface area contributed by atoms with Crippen molar-refractivity contribution in [3.63, 3.8) is 0 Å². The number of carbonyl (C=O) groups is 5. The van der Waals surface area contributed by atoms with Gasteiger partial charge in [0.2, 0.25) is 11.8 Å². The van der Waals surface area contributed by atoms with Gasteiger partial charge in [0.1, 0.15) is 0 Å². The molecule has 0 aromatic rings. The number of ether oxygens (including phenoxy) is 1. The van der Waals surface area contributed by atoms with Crippen molar-refractivity contribution in [3.05, 3.63) is 24.8 Å². The lowest BCUT2D eigenvalue weighted by atomic mass is 10.3. The molecule has 0 aromatic heterocycles. The predicted molar refractivity (Wildman–Crippen MR) is 135 cm³/mol. The maximum atomic E-state index is 10.8. The summed E-state index contributed by atoms with van der Waals surface area (Å²) in [5.41, 5.74) is 0. The van der Waals surface area contributed by atoms with E-state index < -0.39 is 0 Å². The highest BCUT2D eigenvalue weighted by Crippen LogP contribution is 2.07. The quantitative estimate of drug-likeness (QED) is 0.326. The predicted octanol–water partition coefficient (Wildman–Crippen LogP) is 3.29. The van der Waals surface area contributed by atoms with Crippen LogP contribution in [0.2, 0.25) is 0 Å². The maximum Gasteiger partial charge on any atom is 0.305 e. The zero-order valence-corrected chi connectivity index (χ0v) is 22.6. The van der Waals surface area contributed by atoms with Crippen LogP contribution in [-0.4, -0.2) is 58.7 Å². The van der Waals surface area contributed by atoms with Gasteiger partial charge in [0.05, 0.1) is 6.10 Å². The summed E-state index contributed by atoms with van der Waals surface area (Å²) in [6, 6.07) is 0.456. The highest BCUT2D eigenvalue weighted by molar-refractivity contribution is 6.13. The topological polar surface area (TPSA) is 122 Å². The zero-order chi connectivity index (χ0) is 27.4. The van der Waals surface area contributed by atoms with Gasteiger partial charge in [0.15, 0.2) is 0 Å². The van der Waals surface area contributed by atoms with Crippen molar-refractivity contribution in [2.75, 3.05) is 0 Å². The molecule has 0 radical (unpaired) electrons. The van der Waals surface area contributed by atoms with Gasteiger partial charge in [-0.15, -0.1) is 0 Å². The van der Waals surface area contributed by atoms with E-state index in [-0.39, 0.29) is 53.8 Å². The molecule has 2 N–H and O–H groups in total. The van der Waals surface area contributed by atoms with Gasteiger partial charge in [-0.25, -0.2) is 0 Å². The summed E-state index contributed by atoms with van der Waals surface area (Å²) in [6.45, 7) is 21.9. The number of amides is 4. The van der Waals surface area contributed by atoms with Crippen molar-refractivity contribution in [3.8, 4) is 0 Å². The molecule has 0 spiro atoms. The monoisotopic (exact) mass is 483 g/mol. The lowest BCUT2D eigenvalue weighted by Crippen LogP contribution is -2.36. The summed E-state index contributed by atoms with van der Waals surface area (Å²) in [5.74, 6) is -0.528. The summed E-state index contributed by atoms with van der Waals surface area (Å²) < 4.78 is 4.76. The largest absolute Gasteiger partial charge is 0.463 e. The molecule has 4 amide bonds. The van der Waals surface area contributed by atoms with Crippen LogP contribution in [0.25, 0.3) is 0 Å². The summed E-state index contributed by atoms with van der Waals surface area (Å²) >= 11 is 0. The fraction of sp³-hybridized carbons (Fsp3) is 0.640. The second kappa shape index (κ2) is 20.6. The number of esters is 1. The maximum absolute atomic E-state index is 10.8. The third-order valence-electron chi connectivity index (χ3n) is 3.40. The van der Waals surface area contributed by atoms with Crippen LogP contribution in [0.15, 0.2) is 24.8 Å². The molecule has 0 aliphatic carbocycles. The van der Waals surface area contributed by atoms with Crippen LogP contribution in [0.5, 0.6) is 0 Å². The van der Waals surface area contributed by atoms with Crippen LogP contribution in [0.4, 0.5) is 0 Å². The summed E-state index contributed by atoms with van der Waals surface area (Å²) in [6.07, 6.45) is 4.93. The van der Waals surface area contributed by atoms with Gasteiger partial charge in [-0.3, -0.25) is 28.9 Å². The Balaban J connectivity index is -0.000000380. The lowest BCUT2D eigenvalue weighted by molar-refractivity contribution is -0.147. The number of nitrogens with zero attached hydrogens (tertiary/aromatic N) is 1. The smallest absolute Gasteiger partial charge is 0.305 e. The number of carbonyl (C=O) groups excluding carboxylic acids is 5. The Kier molecular flexibility index (Phi) is 21.6. The molecule has 9 heteroatoms. The van der Waals surface area contributed by atoms with Crippen molar-refractivity contribution in [2.45, 2.75) is 106 Å². The van der Waals surface area contributed by atoms with E-state index in [9.17, 15) is 24.0 Å². The van der Waals surface area contributed by atoms with Gasteiger partial charge < -0.3 is 15.4 Å². The van der Waals surface area contributed by atoms with E-state index in [0.717, 1.165) is 0 Å². The van der Waals surface area contributed by atoms with Crippen LogP contribution in [0, 0.1) is 0 Å². The summed E-state index contributed by atoms with van der Waals surface area (Å²) in [5, 5.41) is 5.39. The molecule has 0 aromatic carbocycles. The van der Waals surface area contributed by atoms with E-state index in [1.807, 2.05) is 62.3 Å². The highest BCUT2D eigenvalue weighted by Gasteiger charge is 2.25. The SMILES string of the molecule is C=CC(=O)NC(C)C.CC(C)N1C(=O)C=CC1=O.CCC(=O)NC(C)C.CCC(=O)OC(C)C. The molecule has 1 rings (SSSR count). The fourth-order valence-electron chi connectivity index (χ4n) is 2.03. The van der Waals surface area contributed by atoms with Crippen molar-refractivity contribution >= 4 is 29.6 Å². The van der Waals surface area contributed by atoms with Crippen LogP contribution in [0.1, 0.15) is 82.1 Å². The third kappa shape index (κ3) is 22.2. The molecule has 1 heterocycles. The molecule has 0 fully saturated rings. The minimum atomic E-state index is -0.208. The van der Waals surface area contributed by atoms with Gasteiger partial charge in [-0.05, 0) is 61.5 Å². The molecule has 9 nitrogen and oxygen atoms in total. The Labute approximate surface area is 205 Å². The van der Waals surface area contributed by atoms with Crippen LogP contribution in [0.3, 0.4) is 0 Å². The average Bonchev–Trinajstić information content (AvgIpc) is 3.06. The Bertz CT molecular complexity index is 642. The van der Waals surface area contributed by atoms with Gasteiger partial charge in [0, 0.05) is 43.1 Å². The van der Waals surface area contributed by atoms with E-state index in [2.05, 4.69) is 17.2 Å². The number of hydrogen-bond acceptors (Lipinski definition) is 6. The molecule has 0 unspecified atom stereocenters. The molecule has 0 saturated heterocycles. The van der Waals surface area contributed by atoms with Crippen molar-refractivity contribution in [1.29, 1.82) is 0 Å². The first-order valence-electron chi connectivity index (χ1n) is 11.6. The molecule has 0 atom stereocenters. The Morgan fingerprint density at radius 2 is 1.32 bits per heavy atom. The standard InChI is InChI=1S/C7H9NO2.C6H13NO.C6H11NO.C6H12O2/c1-5(2)8-6(9)3-4-7(8)10;2*1-4-6(8)7-5(2)3;1-4-6(7)8-5(2)3/h3-5H,1-2H3;5H,4H2,1-3H3,(H,7,8);4-5H,1H2,2-3H3,(H,7,8);5H,4H2,1-3H3. The zero-order valence-electron chi connectivity index (χ0n) is 22.6. The fourth-order valence-corrected chi connectivity index (χ4v) is 2.03. The van der Waals surface area contributed by atoms with Gasteiger partial charge >= 0.3 is 5.97 Å². The summed E-state index contributed by atoms with van der Waals surface area (Å²) in [7, 11) is 0. The van der Waals surface area contributed by atoms with Crippen LogP contribution in [-0.2, 0) is 28.7 Å². The van der Waals surface area contributed by atoms with Crippen molar-refractivity contribution in [1.82, 2.24) is 15.5 Å². The number of nitrogens with one attached hydrogen (secondary N) is 2. The van der Waals surface area contributed by atoms with Gasteiger partial charge in [0.25, 0.3) is 11.8 Å². The Morgan fingerprint density at radius 3 is 1.47 bits per heavy atom. The van der Waals surface area contributed by atoms with Crippen molar-refractivity contribution in [2.24, 2.45) is 0 Å². The molecule has 1 aliphatic heterocycles. The van der Waals surface area contributed by atoms with Gasteiger partial charge in [-0.2, -0.15) is 0 Å².